The molecule has 0 saturated carbocycles. The normalized spacial score (nSPS) is 17.8. The molecule has 0 aromatic heterocycles. The fourth-order valence-corrected chi connectivity index (χ4v) is 1.42. The molecular formula is C8H10F8O3S. The molecule has 2 unspecified atom stereocenters. The van der Waals surface area contributed by atoms with Crippen LogP contribution in [0.4, 0.5) is 35.1 Å². The van der Waals surface area contributed by atoms with Crippen molar-refractivity contribution in [2.45, 2.75) is 50.8 Å². The minimum absolute atomic E-state index is 1.20. The van der Waals surface area contributed by atoms with Crippen molar-refractivity contribution in [2.24, 2.45) is 0 Å². The zero-order chi connectivity index (χ0) is 16.0. The molecule has 0 aliphatic rings. The van der Waals surface area contributed by atoms with E-state index in [0.717, 1.165) is 0 Å². The average molecular weight is 338 g/mol. The Balaban J connectivity index is 3.92. The molecule has 0 aliphatic heterocycles. The highest BCUT2D eigenvalue weighted by Crippen LogP contribution is 2.25. The molecule has 0 rings (SSSR count). The van der Waals surface area contributed by atoms with E-state index >= 15 is 0 Å². The van der Waals surface area contributed by atoms with Gasteiger partial charge in [-0.25, -0.2) is 17.1 Å². The van der Waals surface area contributed by atoms with E-state index in [1.807, 2.05) is 0 Å². The Bertz CT molecular complexity index is 277. The molecule has 122 valence electrons. The van der Waals surface area contributed by atoms with Gasteiger partial charge >= 0.3 is 23.7 Å². The lowest BCUT2D eigenvalue weighted by atomic mass is 10.3. The first-order valence-corrected chi connectivity index (χ1v) is 6.07. The summed E-state index contributed by atoms with van der Waals surface area (Å²) in [5, 5.41) is 0. The van der Waals surface area contributed by atoms with Crippen molar-refractivity contribution in [3.8, 4) is 0 Å². The summed E-state index contributed by atoms with van der Waals surface area (Å²) in [6.07, 6.45) is -20.1. The van der Waals surface area contributed by atoms with E-state index < -0.39 is 62.1 Å². The van der Waals surface area contributed by atoms with Crippen molar-refractivity contribution in [2.75, 3.05) is 0 Å². The zero-order valence-corrected chi connectivity index (χ0v) is 10.5. The van der Waals surface area contributed by atoms with E-state index in [4.69, 9.17) is 0 Å². The van der Waals surface area contributed by atoms with Crippen LogP contribution in [0.5, 0.6) is 0 Å². The topological polar surface area (TPSA) is 35.5 Å². The van der Waals surface area contributed by atoms with Crippen LogP contribution in [0.1, 0.15) is 25.7 Å². The number of hydrogen-bond donors (Lipinski definition) is 0. The van der Waals surface area contributed by atoms with Crippen LogP contribution < -0.4 is 0 Å². The van der Waals surface area contributed by atoms with Crippen LogP contribution in [0, 0.1) is 0 Å². The average Bonchev–Trinajstić information content (AvgIpc) is 2.21. The Kier molecular flexibility index (Phi) is 7.88. The lowest BCUT2D eigenvalue weighted by Gasteiger charge is -2.12. The van der Waals surface area contributed by atoms with Crippen molar-refractivity contribution < 1.29 is 47.7 Å². The van der Waals surface area contributed by atoms with Gasteiger partial charge in [0.1, 0.15) is 0 Å². The summed E-state index contributed by atoms with van der Waals surface area (Å²) in [6.45, 7) is 0. The van der Waals surface area contributed by atoms with Crippen molar-refractivity contribution >= 4 is 11.4 Å². The van der Waals surface area contributed by atoms with Gasteiger partial charge in [0.15, 0.2) is 0 Å². The van der Waals surface area contributed by atoms with Gasteiger partial charge in [-0.2, -0.15) is 30.6 Å². The molecule has 0 fully saturated rings. The molecule has 20 heavy (non-hydrogen) atoms. The van der Waals surface area contributed by atoms with Gasteiger partial charge in [-0.15, -0.1) is 0 Å². The van der Waals surface area contributed by atoms with Crippen LogP contribution in [0.15, 0.2) is 0 Å². The van der Waals surface area contributed by atoms with Gasteiger partial charge in [0, 0.05) is 25.7 Å². The van der Waals surface area contributed by atoms with Gasteiger partial charge in [0.05, 0.1) is 0 Å². The Hall–Kier alpha value is -0.490. The standard InChI is InChI=1S/C8H10F8O3S/c9-5(1-3-7(11,12)13)18-20(17)19-6(10)2-4-8(14,15)16/h5-6H,1-4H2. The maximum atomic E-state index is 12.7. The van der Waals surface area contributed by atoms with Gasteiger partial charge < -0.3 is 0 Å². The first kappa shape index (κ1) is 19.5. The van der Waals surface area contributed by atoms with Gasteiger partial charge in [-0.1, -0.05) is 0 Å². The van der Waals surface area contributed by atoms with Crippen LogP contribution in [-0.4, -0.2) is 29.3 Å². The number of halogens is 8. The van der Waals surface area contributed by atoms with E-state index in [1.165, 1.54) is 0 Å². The Labute approximate surface area is 111 Å². The van der Waals surface area contributed by atoms with Crippen LogP contribution in [-0.2, 0) is 19.7 Å². The van der Waals surface area contributed by atoms with E-state index in [1.54, 1.807) is 0 Å². The second-order valence-electron chi connectivity index (χ2n) is 3.52. The fourth-order valence-electron chi connectivity index (χ4n) is 0.844. The summed E-state index contributed by atoms with van der Waals surface area (Å²) in [5.74, 6) is 0. The van der Waals surface area contributed by atoms with Gasteiger partial charge in [-0.3, -0.25) is 0 Å². The number of rotatable bonds is 8. The number of hydrogen-bond acceptors (Lipinski definition) is 3. The highest BCUT2D eigenvalue weighted by molar-refractivity contribution is 7.75. The summed E-state index contributed by atoms with van der Waals surface area (Å²) < 4.78 is 114. The molecule has 0 aliphatic carbocycles. The Morgan fingerprint density at radius 2 is 1.10 bits per heavy atom. The summed E-state index contributed by atoms with van der Waals surface area (Å²) in [5.41, 5.74) is 0. The Morgan fingerprint density at radius 1 is 0.800 bits per heavy atom. The zero-order valence-electron chi connectivity index (χ0n) is 9.64. The van der Waals surface area contributed by atoms with Crippen LogP contribution in [0.3, 0.4) is 0 Å². The smallest absolute Gasteiger partial charge is 0.231 e. The lowest BCUT2D eigenvalue weighted by molar-refractivity contribution is -0.145. The number of alkyl halides is 8. The third-order valence-corrected chi connectivity index (χ3v) is 2.41. The molecule has 0 amide bonds. The summed E-state index contributed by atoms with van der Waals surface area (Å²) >= 11 is -3.12. The molecule has 0 aromatic rings. The third-order valence-electron chi connectivity index (χ3n) is 1.68. The minimum atomic E-state index is -4.66. The molecule has 0 bridgehead atoms. The monoisotopic (exact) mass is 338 g/mol. The van der Waals surface area contributed by atoms with Crippen molar-refractivity contribution in [3.05, 3.63) is 0 Å². The highest BCUT2D eigenvalue weighted by Gasteiger charge is 2.31. The third kappa shape index (κ3) is 12.5. The van der Waals surface area contributed by atoms with Crippen LogP contribution >= 0.6 is 0 Å². The van der Waals surface area contributed by atoms with E-state index in [-0.39, 0.29) is 0 Å². The summed E-state index contributed by atoms with van der Waals surface area (Å²) in [6, 6.07) is 0. The lowest BCUT2D eigenvalue weighted by Crippen LogP contribution is -2.19. The molecule has 0 heterocycles. The van der Waals surface area contributed by atoms with Crippen molar-refractivity contribution in [1.82, 2.24) is 0 Å². The molecule has 0 aromatic carbocycles. The van der Waals surface area contributed by atoms with Gasteiger partial charge in [-0.05, 0) is 0 Å². The fraction of sp³-hybridized carbons (Fsp3) is 1.00. The second-order valence-corrected chi connectivity index (χ2v) is 4.32. The molecule has 0 radical (unpaired) electrons. The van der Waals surface area contributed by atoms with E-state index in [2.05, 4.69) is 8.37 Å². The van der Waals surface area contributed by atoms with Crippen LogP contribution in [0.2, 0.25) is 0 Å². The molecule has 0 spiro atoms. The quantitative estimate of drug-likeness (QED) is 0.630. The predicted molar refractivity (Wildman–Crippen MR) is 50.7 cm³/mol. The minimum Gasteiger partial charge on any atom is -0.231 e. The van der Waals surface area contributed by atoms with E-state index in [0.29, 0.717) is 0 Å². The first-order chi connectivity index (χ1) is 8.89. The SMILES string of the molecule is O=S(OC(F)CCC(F)(F)F)OC(F)CCC(F)(F)F. The molecular weight excluding hydrogens is 328 g/mol. The summed E-state index contributed by atoms with van der Waals surface area (Å²) in [4.78, 5) is 0. The molecule has 2 atom stereocenters. The maximum absolute atomic E-state index is 12.7. The Morgan fingerprint density at radius 3 is 1.35 bits per heavy atom. The van der Waals surface area contributed by atoms with E-state index in [9.17, 15) is 39.3 Å². The predicted octanol–water partition coefficient (Wildman–Crippen LogP) is 3.87. The molecule has 12 heteroatoms. The largest absolute Gasteiger partial charge is 0.389 e. The second kappa shape index (κ2) is 8.08. The van der Waals surface area contributed by atoms with Crippen LogP contribution in [0.25, 0.3) is 0 Å². The molecule has 0 saturated heterocycles. The van der Waals surface area contributed by atoms with Crippen molar-refractivity contribution in [1.29, 1.82) is 0 Å². The van der Waals surface area contributed by atoms with Gasteiger partial charge in [0.25, 0.3) is 0 Å². The summed E-state index contributed by atoms with van der Waals surface area (Å²) in [7, 11) is 0. The molecule has 0 N–H and O–H groups in total. The molecule has 3 nitrogen and oxygen atoms in total. The van der Waals surface area contributed by atoms with Crippen molar-refractivity contribution in [3.63, 3.8) is 0 Å². The van der Waals surface area contributed by atoms with Gasteiger partial charge in [0.2, 0.25) is 12.7 Å². The highest BCUT2D eigenvalue weighted by atomic mass is 32.2. The maximum Gasteiger partial charge on any atom is 0.389 e. The first-order valence-electron chi connectivity index (χ1n) is 5.07.